The van der Waals surface area contributed by atoms with E-state index in [1.54, 1.807) is 35.3 Å². The highest BCUT2D eigenvalue weighted by molar-refractivity contribution is 7.16. The van der Waals surface area contributed by atoms with E-state index in [2.05, 4.69) is 11.6 Å². The number of hydrogen-bond donors (Lipinski definition) is 0. The van der Waals surface area contributed by atoms with Crippen LogP contribution in [0.5, 0.6) is 0 Å². The van der Waals surface area contributed by atoms with E-state index in [0.717, 1.165) is 31.4 Å². The maximum atomic E-state index is 13.5. The molecule has 0 bridgehead atoms. The van der Waals surface area contributed by atoms with E-state index in [0.29, 0.717) is 28.2 Å². The van der Waals surface area contributed by atoms with Gasteiger partial charge in [0.25, 0.3) is 5.91 Å². The van der Waals surface area contributed by atoms with Crippen LogP contribution in [-0.4, -0.2) is 17.4 Å². The van der Waals surface area contributed by atoms with Crippen LogP contribution in [0.25, 0.3) is 11.0 Å². The van der Waals surface area contributed by atoms with Gasteiger partial charge in [-0.25, -0.2) is 9.37 Å². The summed E-state index contributed by atoms with van der Waals surface area (Å²) in [5.41, 5.74) is 2.24. The second-order valence-corrected chi connectivity index (χ2v) is 7.54. The number of rotatable bonds is 4. The van der Waals surface area contributed by atoms with Crippen molar-refractivity contribution in [3.63, 3.8) is 0 Å². The molecule has 1 aliphatic carbocycles. The zero-order valence-electron chi connectivity index (χ0n) is 14.5. The zero-order chi connectivity index (χ0) is 18.3. The first-order valence-corrected chi connectivity index (χ1v) is 9.50. The smallest absolute Gasteiger partial charge is 0.296 e. The van der Waals surface area contributed by atoms with Gasteiger partial charge in [-0.3, -0.25) is 9.69 Å². The first-order chi connectivity index (χ1) is 12.6. The van der Waals surface area contributed by atoms with Crippen LogP contribution >= 0.6 is 11.3 Å². The molecular weight excluding hydrogens is 351 g/mol. The van der Waals surface area contributed by atoms with E-state index in [-0.39, 0.29) is 17.5 Å². The van der Waals surface area contributed by atoms with Gasteiger partial charge in [-0.15, -0.1) is 17.9 Å². The third kappa shape index (κ3) is 2.84. The lowest BCUT2D eigenvalue weighted by atomic mass is 10.0. The van der Waals surface area contributed by atoms with Crippen molar-refractivity contribution in [3.8, 4) is 0 Å². The quantitative estimate of drug-likeness (QED) is 0.604. The van der Waals surface area contributed by atoms with Crippen molar-refractivity contribution < 1.29 is 13.6 Å². The summed E-state index contributed by atoms with van der Waals surface area (Å²) in [6.07, 6.45) is 5.96. The highest BCUT2D eigenvalue weighted by atomic mass is 32.1. The number of thiazole rings is 1. The van der Waals surface area contributed by atoms with Gasteiger partial charge in [0.15, 0.2) is 10.9 Å². The largest absolute Gasteiger partial charge is 0.451 e. The molecule has 1 aliphatic rings. The molecule has 4 nitrogen and oxygen atoms in total. The lowest BCUT2D eigenvalue weighted by Crippen LogP contribution is -2.31. The van der Waals surface area contributed by atoms with Gasteiger partial charge in [-0.2, -0.15) is 0 Å². The monoisotopic (exact) mass is 370 g/mol. The lowest BCUT2D eigenvalue weighted by molar-refractivity contribution is 0.0964. The molecule has 0 aliphatic heterocycles. The summed E-state index contributed by atoms with van der Waals surface area (Å²) in [7, 11) is 0. The van der Waals surface area contributed by atoms with Gasteiger partial charge in [0.2, 0.25) is 0 Å². The first kappa shape index (κ1) is 17.0. The third-order valence-corrected chi connectivity index (χ3v) is 5.89. The molecule has 26 heavy (non-hydrogen) atoms. The molecule has 134 valence electrons. The fraction of sp³-hybridized carbons (Fsp3) is 0.300. The van der Waals surface area contributed by atoms with E-state index >= 15 is 0 Å². The van der Waals surface area contributed by atoms with Gasteiger partial charge in [0, 0.05) is 22.4 Å². The minimum atomic E-state index is -0.351. The molecule has 0 fully saturated rings. The van der Waals surface area contributed by atoms with Crippen LogP contribution in [-0.2, 0) is 12.8 Å². The van der Waals surface area contributed by atoms with Crippen LogP contribution in [0.15, 0.2) is 35.3 Å². The molecule has 1 aromatic carbocycles. The molecule has 6 heteroatoms. The molecule has 4 rings (SSSR count). The molecule has 0 N–H and O–H groups in total. The average molecular weight is 370 g/mol. The Labute approximate surface area is 155 Å². The van der Waals surface area contributed by atoms with Gasteiger partial charge in [0.05, 0.1) is 5.69 Å². The van der Waals surface area contributed by atoms with Crippen LogP contribution in [0.4, 0.5) is 9.52 Å². The molecule has 0 saturated heterocycles. The molecule has 2 heterocycles. The number of nitrogens with zero attached hydrogens (tertiary/aromatic N) is 2. The Bertz CT molecular complexity index is 981. The van der Waals surface area contributed by atoms with Crippen LogP contribution in [0.2, 0.25) is 0 Å². The predicted octanol–water partition coefficient (Wildman–Crippen LogP) is 5.05. The number of aromatic nitrogens is 1. The Balaban J connectivity index is 1.75. The molecule has 2 aromatic heterocycles. The van der Waals surface area contributed by atoms with Crippen molar-refractivity contribution >= 4 is 33.3 Å². The number of halogens is 1. The summed E-state index contributed by atoms with van der Waals surface area (Å²) >= 11 is 1.57. The molecule has 1 amide bonds. The average Bonchev–Trinajstić information content (AvgIpc) is 3.20. The maximum absolute atomic E-state index is 13.5. The van der Waals surface area contributed by atoms with E-state index in [9.17, 15) is 9.18 Å². The maximum Gasteiger partial charge on any atom is 0.296 e. The van der Waals surface area contributed by atoms with Crippen molar-refractivity contribution in [2.75, 3.05) is 11.4 Å². The zero-order valence-corrected chi connectivity index (χ0v) is 15.4. The molecule has 0 spiro atoms. The number of amides is 1. The summed E-state index contributed by atoms with van der Waals surface area (Å²) in [4.78, 5) is 20.7. The molecule has 0 unspecified atom stereocenters. The normalized spacial score (nSPS) is 13.6. The molecule has 0 radical (unpaired) electrons. The van der Waals surface area contributed by atoms with Crippen LogP contribution < -0.4 is 4.90 Å². The number of furan rings is 1. The van der Waals surface area contributed by atoms with E-state index in [1.165, 1.54) is 17.0 Å². The number of aryl methyl sites for hydroxylation is 3. The number of hydrogen-bond acceptors (Lipinski definition) is 4. The first-order valence-electron chi connectivity index (χ1n) is 8.68. The number of carbonyl (C=O) groups is 1. The molecular formula is C20H19FN2O2S. The van der Waals surface area contributed by atoms with Gasteiger partial charge in [-0.05, 0) is 50.8 Å². The van der Waals surface area contributed by atoms with E-state index in [4.69, 9.17) is 4.42 Å². The van der Waals surface area contributed by atoms with Gasteiger partial charge in [0.1, 0.15) is 11.4 Å². The summed E-state index contributed by atoms with van der Waals surface area (Å²) in [6, 6.07) is 4.27. The van der Waals surface area contributed by atoms with Crippen LogP contribution in [0.3, 0.4) is 0 Å². The minimum Gasteiger partial charge on any atom is -0.451 e. The second-order valence-electron chi connectivity index (χ2n) is 6.47. The Morgan fingerprint density at radius 2 is 2.23 bits per heavy atom. The lowest BCUT2D eigenvalue weighted by Gasteiger charge is -2.17. The standard InChI is InChI=1S/C20H19FN2O2S/c1-3-10-23(20-22-15-6-4-5-7-17(15)26-20)19(24)18-12(2)14-11-13(21)8-9-16(14)25-18/h3,8-9,11H,1,4-7,10H2,2H3. The number of carbonyl (C=O) groups excluding carboxylic acids is 1. The molecule has 0 atom stereocenters. The van der Waals surface area contributed by atoms with Gasteiger partial charge >= 0.3 is 0 Å². The van der Waals surface area contributed by atoms with Crippen molar-refractivity contribution in [1.82, 2.24) is 4.98 Å². The molecule has 3 aromatic rings. The number of anilines is 1. The van der Waals surface area contributed by atoms with Crippen molar-refractivity contribution in [2.45, 2.75) is 32.6 Å². The fourth-order valence-corrected chi connectivity index (χ4v) is 4.51. The SMILES string of the molecule is C=CCN(C(=O)c1oc2ccc(F)cc2c1C)c1nc2c(s1)CCCC2. The van der Waals surface area contributed by atoms with E-state index < -0.39 is 0 Å². The Kier molecular flexibility index (Phi) is 4.36. The van der Waals surface area contributed by atoms with E-state index in [1.807, 2.05) is 0 Å². The summed E-state index contributed by atoms with van der Waals surface area (Å²) in [6.45, 7) is 5.88. The van der Waals surface area contributed by atoms with Crippen LogP contribution in [0, 0.1) is 12.7 Å². The third-order valence-electron chi connectivity index (χ3n) is 4.71. The van der Waals surface area contributed by atoms with Crippen LogP contribution in [0.1, 0.15) is 39.5 Å². The summed E-state index contributed by atoms with van der Waals surface area (Å²) in [5.74, 6) is -0.401. The highest BCUT2D eigenvalue weighted by Crippen LogP contribution is 2.34. The van der Waals surface area contributed by atoms with Crippen molar-refractivity contribution in [3.05, 3.63) is 58.6 Å². The van der Waals surface area contributed by atoms with Crippen molar-refractivity contribution in [1.29, 1.82) is 0 Å². The number of fused-ring (bicyclic) bond motifs is 2. The summed E-state index contributed by atoms with van der Waals surface area (Å²) < 4.78 is 19.3. The second kappa shape index (κ2) is 6.68. The Hall–Kier alpha value is -2.47. The van der Waals surface area contributed by atoms with Crippen molar-refractivity contribution in [2.24, 2.45) is 0 Å². The Morgan fingerprint density at radius 1 is 1.42 bits per heavy atom. The molecule has 0 saturated carbocycles. The summed E-state index contributed by atoms with van der Waals surface area (Å²) in [5, 5.41) is 1.29. The van der Waals surface area contributed by atoms with Gasteiger partial charge < -0.3 is 4.42 Å². The number of benzene rings is 1. The fourth-order valence-electron chi connectivity index (χ4n) is 3.35. The van der Waals surface area contributed by atoms with Gasteiger partial charge in [-0.1, -0.05) is 6.08 Å². The topological polar surface area (TPSA) is 46.3 Å². The highest BCUT2D eigenvalue weighted by Gasteiger charge is 2.27. The minimum absolute atomic E-state index is 0.223. The predicted molar refractivity (Wildman–Crippen MR) is 102 cm³/mol. The Morgan fingerprint density at radius 3 is 3.00 bits per heavy atom.